The molecule has 5 nitrogen and oxygen atoms in total. The van der Waals surface area contributed by atoms with Crippen molar-refractivity contribution in [3.63, 3.8) is 0 Å². The highest BCUT2D eigenvalue weighted by atomic mass is 32.2. The van der Waals surface area contributed by atoms with Gasteiger partial charge in [0.05, 0.1) is 12.1 Å². The van der Waals surface area contributed by atoms with Crippen LogP contribution in [0.1, 0.15) is 25.3 Å². The minimum atomic E-state index is -0.462. The van der Waals surface area contributed by atoms with Crippen LogP contribution in [-0.2, 0) is 0 Å². The number of hydrogen-bond donors (Lipinski definition) is 1. The average Bonchev–Trinajstić information content (AvgIpc) is 2.84. The largest absolute Gasteiger partial charge is 0.391 e. The normalized spacial score (nSPS) is 23.1. The van der Waals surface area contributed by atoms with Gasteiger partial charge in [0.1, 0.15) is 5.65 Å². The van der Waals surface area contributed by atoms with Crippen LogP contribution >= 0.6 is 11.8 Å². The summed E-state index contributed by atoms with van der Waals surface area (Å²) < 4.78 is 1.63. The topological polar surface area (TPSA) is 68.0 Å². The molecule has 0 spiro atoms. The third-order valence-corrected chi connectivity index (χ3v) is 4.16. The fourth-order valence-corrected chi connectivity index (χ4v) is 3.00. The predicted octanol–water partition coefficient (Wildman–Crippen LogP) is 1.60. The number of hydrogen-bond acceptors (Lipinski definition) is 5. The first-order valence-corrected chi connectivity index (χ1v) is 7.53. The number of pyridine rings is 1. The molecule has 3 rings (SSSR count). The zero-order chi connectivity index (χ0) is 13.4. The average molecular weight is 277 g/mol. The third-order valence-electron chi connectivity index (χ3n) is 3.60. The van der Waals surface area contributed by atoms with Crippen molar-refractivity contribution in [2.45, 2.75) is 36.6 Å². The van der Waals surface area contributed by atoms with Gasteiger partial charge in [-0.15, -0.1) is 0 Å². The summed E-state index contributed by atoms with van der Waals surface area (Å²) in [7, 11) is 0. The molecule has 0 aliphatic heterocycles. The molecule has 0 saturated heterocycles. The van der Waals surface area contributed by atoms with E-state index < -0.39 is 6.10 Å². The van der Waals surface area contributed by atoms with Gasteiger partial charge in [0, 0.05) is 17.6 Å². The highest BCUT2D eigenvalue weighted by Gasteiger charge is 2.28. The van der Waals surface area contributed by atoms with E-state index in [9.17, 15) is 9.90 Å². The standard InChI is InChI=1S/C13H15N3O2S/c1-19-13-14-7-8-5-6-11(18)16(12(8)15-13)9-3-2-4-10(9)17/h5-7,9-10,17H,2-4H2,1H3. The lowest BCUT2D eigenvalue weighted by Crippen LogP contribution is -2.29. The number of nitrogens with zero attached hydrogens (tertiary/aromatic N) is 3. The Bertz CT molecular complexity index is 670. The summed E-state index contributed by atoms with van der Waals surface area (Å²) in [5.41, 5.74) is 0.516. The smallest absolute Gasteiger partial charge is 0.252 e. The van der Waals surface area contributed by atoms with Gasteiger partial charge in [-0.1, -0.05) is 11.8 Å². The number of aliphatic hydroxyl groups excluding tert-OH is 1. The van der Waals surface area contributed by atoms with E-state index in [1.165, 1.54) is 17.8 Å². The number of aliphatic hydroxyl groups is 1. The van der Waals surface area contributed by atoms with Crippen LogP contribution in [0.5, 0.6) is 0 Å². The molecular formula is C13H15N3O2S. The quantitative estimate of drug-likeness (QED) is 0.667. The third kappa shape index (κ3) is 2.15. The zero-order valence-electron chi connectivity index (χ0n) is 10.6. The molecule has 0 radical (unpaired) electrons. The van der Waals surface area contributed by atoms with Gasteiger partial charge in [0.25, 0.3) is 5.56 Å². The van der Waals surface area contributed by atoms with Crippen LogP contribution in [0.2, 0.25) is 0 Å². The molecule has 0 aromatic carbocycles. The molecule has 1 aliphatic carbocycles. The molecule has 1 fully saturated rings. The van der Waals surface area contributed by atoms with Crippen LogP contribution in [-0.4, -0.2) is 32.0 Å². The van der Waals surface area contributed by atoms with Crippen molar-refractivity contribution in [2.75, 3.05) is 6.26 Å². The van der Waals surface area contributed by atoms with Crippen molar-refractivity contribution in [2.24, 2.45) is 0 Å². The van der Waals surface area contributed by atoms with Gasteiger partial charge in [-0.25, -0.2) is 9.97 Å². The van der Waals surface area contributed by atoms with E-state index in [1.807, 2.05) is 6.26 Å². The number of rotatable bonds is 2. The summed E-state index contributed by atoms with van der Waals surface area (Å²) in [4.78, 5) is 20.8. The first-order valence-electron chi connectivity index (χ1n) is 6.31. The van der Waals surface area contributed by atoms with E-state index in [4.69, 9.17) is 0 Å². The Morgan fingerprint density at radius 2 is 2.26 bits per heavy atom. The van der Waals surface area contributed by atoms with Crippen LogP contribution in [0.3, 0.4) is 0 Å². The van der Waals surface area contributed by atoms with Gasteiger partial charge in [-0.3, -0.25) is 9.36 Å². The molecule has 2 aromatic heterocycles. The summed E-state index contributed by atoms with van der Waals surface area (Å²) in [6, 6.07) is 3.09. The fraction of sp³-hybridized carbons (Fsp3) is 0.462. The first kappa shape index (κ1) is 12.6. The van der Waals surface area contributed by atoms with Crippen molar-refractivity contribution in [3.05, 3.63) is 28.7 Å². The lowest BCUT2D eigenvalue weighted by atomic mass is 10.2. The molecule has 2 aromatic rings. The predicted molar refractivity (Wildman–Crippen MR) is 74.5 cm³/mol. The Balaban J connectivity index is 2.25. The van der Waals surface area contributed by atoms with Crippen LogP contribution in [0, 0.1) is 0 Å². The Morgan fingerprint density at radius 1 is 1.42 bits per heavy atom. The fourth-order valence-electron chi connectivity index (χ4n) is 2.66. The highest BCUT2D eigenvalue weighted by Crippen LogP contribution is 2.30. The minimum absolute atomic E-state index is 0.107. The van der Waals surface area contributed by atoms with Gasteiger partial charge >= 0.3 is 0 Å². The number of fused-ring (bicyclic) bond motifs is 1. The summed E-state index contributed by atoms with van der Waals surface area (Å²) in [6.07, 6.45) is 5.67. The lowest BCUT2D eigenvalue weighted by Gasteiger charge is -2.19. The monoisotopic (exact) mass is 277 g/mol. The maximum atomic E-state index is 12.2. The van der Waals surface area contributed by atoms with Gasteiger partial charge in [0.2, 0.25) is 0 Å². The van der Waals surface area contributed by atoms with Crippen LogP contribution in [0.4, 0.5) is 0 Å². The first-order chi connectivity index (χ1) is 9.20. The van der Waals surface area contributed by atoms with E-state index >= 15 is 0 Å². The molecule has 1 saturated carbocycles. The maximum Gasteiger partial charge on any atom is 0.252 e. The summed E-state index contributed by atoms with van der Waals surface area (Å²) in [5, 5.41) is 11.5. The maximum absolute atomic E-state index is 12.2. The molecule has 0 amide bonds. The van der Waals surface area contributed by atoms with Crippen LogP contribution in [0.25, 0.3) is 11.0 Å². The lowest BCUT2D eigenvalue weighted by molar-refractivity contribution is 0.136. The Morgan fingerprint density at radius 3 is 2.95 bits per heavy atom. The van der Waals surface area contributed by atoms with Crippen molar-refractivity contribution >= 4 is 22.8 Å². The molecule has 1 aliphatic rings. The van der Waals surface area contributed by atoms with Gasteiger partial charge in [0.15, 0.2) is 5.16 Å². The zero-order valence-corrected chi connectivity index (χ0v) is 11.4. The molecule has 100 valence electrons. The van der Waals surface area contributed by atoms with E-state index in [-0.39, 0.29) is 11.6 Å². The molecular weight excluding hydrogens is 262 g/mol. The molecule has 2 unspecified atom stereocenters. The van der Waals surface area contributed by atoms with Gasteiger partial charge in [-0.2, -0.15) is 0 Å². The summed E-state index contributed by atoms with van der Waals surface area (Å²) in [5.74, 6) is 0. The number of aromatic nitrogens is 3. The Hall–Kier alpha value is -1.40. The van der Waals surface area contributed by atoms with Crippen LogP contribution in [0.15, 0.2) is 28.3 Å². The molecule has 0 bridgehead atoms. The van der Waals surface area contributed by atoms with Crippen molar-refractivity contribution in [1.29, 1.82) is 0 Å². The van der Waals surface area contributed by atoms with E-state index in [0.717, 1.165) is 24.6 Å². The summed E-state index contributed by atoms with van der Waals surface area (Å²) >= 11 is 1.44. The SMILES string of the molecule is CSc1ncc2ccc(=O)n(C3CCCC3O)c2n1. The Kier molecular flexibility index (Phi) is 3.28. The molecule has 19 heavy (non-hydrogen) atoms. The number of thioether (sulfide) groups is 1. The van der Waals surface area contributed by atoms with Gasteiger partial charge in [-0.05, 0) is 31.6 Å². The highest BCUT2D eigenvalue weighted by molar-refractivity contribution is 7.98. The van der Waals surface area contributed by atoms with Crippen molar-refractivity contribution < 1.29 is 5.11 Å². The molecule has 1 N–H and O–H groups in total. The second kappa shape index (κ2) is 4.94. The second-order valence-corrected chi connectivity index (χ2v) is 5.52. The van der Waals surface area contributed by atoms with E-state index in [1.54, 1.807) is 16.8 Å². The van der Waals surface area contributed by atoms with Crippen molar-refractivity contribution in [3.8, 4) is 0 Å². The van der Waals surface area contributed by atoms with Crippen molar-refractivity contribution in [1.82, 2.24) is 14.5 Å². The van der Waals surface area contributed by atoms with E-state index in [2.05, 4.69) is 9.97 Å². The summed E-state index contributed by atoms with van der Waals surface area (Å²) in [6.45, 7) is 0. The van der Waals surface area contributed by atoms with Crippen LogP contribution < -0.4 is 5.56 Å². The molecule has 2 heterocycles. The minimum Gasteiger partial charge on any atom is -0.391 e. The second-order valence-electron chi connectivity index (χ2n) is 4.74. The van der Waals surface area contributed by atoms with E-state index in [0.29, 0.717) is 10.8 Å². The Labute approximate surface area is 114 Å². The van der Waals surface area contributed by atoms with Gasteiger partial charge < -0.3 is 5.11 Å². The molecule has 2 atom stereocenters. The molecule has 6 heteroatoms.